The van der Waals surface area contributed by atoms with Crippen LogP contribution in [0.2, 0.25) is 0 Å². The number of rotatable bonds is 5. The second kappa shape index (κ2) is 6.71. The molecule has 0 fully saturated rings. The molecule has 0 bridgehead atoms. The Morgan fingerprint density at radius 2 is 1.63 bits per heavy atom. The number of carbonyl (C=O) groups is 1. The molecule has 0 radical (unpaired) electrons. The van der Waals surface area contributed by atoms with Gasteiger partial charge in [-0.2, -0.15) is 0 Å². The highest BCUT2D eigenvalue weighted by Crippen LogP contribution is 2.05. The minimum absolute atomic E-state index is 0.0259. The fraction of sp³-hybridized carbons (Fsp3) is 0.188. The summed E-state index contributed by atoms with van der Waals surface area (Å²) in [7, 11) is 0. The van der Waals surface area contributed by atoms with E-state index in [1.54, 1.807) is 0 Å². The van der Waals surface area contributed by atoms with Gasteiger partial charge in [0.05, 0.1) is 6.42 Å². The molecule has 2 rings (SSSR count). The monoisotopic (exact) mass is 254 g/mol. The lowest BCUT2D eigenvalue weighted by Crippen LogP contribution is -2.24. The first-order chi connectivity index (χ1) is 9.28. The fourth-order valence-electron chi connectivity index (χ4n) is 1.91. The van der Waals surface area contributed by atoms with E-state index >= 15 is 0 Å². The molecule has 3 nitrogen and oxygen atoms in total. The smallest absolute Gasteiger partial charge is 0.224 e. The maximum absolute atomic E-state index is 11.8. The summed E-state index contributed by atoms with van der Waals surface area (Å²) in [4.78, 5) is 11.8. The van der Waals surface area contributed by atoms with Gasteiger partial charge in [-0.05, 0) is 16.7 Å². The van der Waals surface area contributed by atoms with Crippen molar-refractivity contribution in [2.75, 3.05) is 0 Å². The van der Waals surface area contributed by atoms with Crippen LogP contribution in [0.25, 0.3) is 0 Å². The Morgan fingerprint density at radius 3 is 2.37 bits per heavy atom. The molecular formula is C16H18N2O. The number of carbonyl (C=O) groups excluding carboxylic acids is 1. The van der Waals surface area contributed by atoms with Gasteiger partial charge in [0, 0.05) is 13.1 Å². The van der Waals surface area contributed by atoms with Crippen LogP contribution in [0.4, 0.5) is 0 Å². The van der Waals surface area contributed by atoms with Crippen molar-refractivity contribution in [1.29, 1.82) is 0 Å². The van der Waals surface area contributed by atoms with Crippen molar-refractivity contribution < 1.29 is 4.79 Å². The van der Waals surface area contributed by atoms with Crippen molar-refractivity contribution in [3.63, 3.8) is 0 Å². The van der Waals surface area contributed by atoms with Gasteiger partial charge >= 0.3 is 0 Å². The van der Waals surface area contributed by atoms with E-state index in [1.165, 1.54) is 0 Å². The van der Waals surface area contributed by atoms with E-state index in [0.717, 1.165) is 16.7 Å². The molecule has 0 spiro atoms. The molecule has 3 heteroatoms. The van der Waals surface area contributed by atoms with Crippen LogP contribution >= 0.6 is 0 Å². The highest BCUT2D eigenvalue weighted by Gasteiger charge is 2.03. The summed E-state index contributed by atoms with van der Waals surface area (Å²) in [6.45, 7) is 1.07. The Labute approximate surface area is 113 Å². The van der Waals surface area contributed by atoms with Crippen LogP contribution in [0.5, 0.6) is 0 Å². The van der Waals surface area contributed by atoms with Crippen molar-refractivity contribution in [3.05, 3.63) is 71.3 Å². The van der Waals surface area contributed by atoms with Crippen molar-refractivity contribution >= 4 is 5.91 Å². The van der Waals surface area contributed by atoms with E-state index in [9.17, 15) is 4.79 Å². The third kappa shape index (κ3) is 4.23. The van der Waals surface area contributed by atoms with Crippen molar-refractivity contribution in [3.8, 4) is 0 Å². The first-order valence-electron chi connectivity index (χ1n) is 6.36. The fourth-order valence-corrected chi connectivity index (χ4v) is 1.91. The van der Waals surface area contributed by atoms with Gasteiger partial charge in [-0.25, -0.2) is 0 Å². The molecule has 0 atom stereocenters. The zero-order chi connectivity index (χ0) is 13.5. The molecule has 98 valence electrons. The van der Waals surface area contributed by atoms with Crippen LogP contribution < -0.4 is 11.1 Å². The van der Waals surface area contributed by atoms with Gasteiger partial charge in [0.15, 0.2) is 0 Å². The molecule has 2 aromatic carbocycles. The molecule has 0 aromatic heterocycles. The molecule has 19 heavy (non-hydrogen) atoms. The number of amides is 1. The molecule has 0 aliphatic heterocycles. The number of hydrogen-bond donors (Lipinski definition) is 2. The minimum Gasteiger partial charge on any atom is -0.352 e. The SMILES string of the molecule is NCc1cccc(CC(=O)NCc2ccccc2)c1. The molecule has 0 heterocycles. The predicted octanol–water partition coefficient (Wildman–Crippen LogP) is 2.00. The van der Waals surface area contributed by atoms with E-state index in [1.807, 2.05) is 54.6 Å². The second-order valence-corrected chi connectivity index (χ2v) is 4.46. The van der Waals surface area contributed by atoms with Gasteiger partial charge in [0.1, 0.15) is 0 Å². The Bertz CT molecular complexity index is 537. The van der Waals surface area contributed by atoms with Crippen LogP contribution in [0, 0.1) is 0 Å². The third-order valence-corrected chi connectivity index (χ3v) is 2.92. The van der Waals surface area contributed by atoms with Gasteiger partial charge in [0.2, 0.25) is 5.91 Å². The number of nitrogens with one attached hydrogen (secondary N) is 1. The number of nitrogens with two attached hydrogens (primary N) is 1. The predicted molar refractivity (Wildman–Crippen MR) is 76.3 cm³/mol. The molecule has 2 aromatic rings. The molecule has 0 saturated carbocycles. The Kier molecular flexibility index (Phi) is 4.70. The average Bonchev–Trinajstić information content (AvgIpc) is 2.46. The van der Waals surface area contributed by atoms with Crippen LogP contribution in [-0.2, 0) is 24.3 Å². The molecule has 0 unspecified atom stereocenters. The van der Waals surface area contributed by atoms with Gasteiger partial charge in [-0.15, -0.1) is 0 Å². The molecule has 3 N–H and O–H groups in total. The topological polar surface area (TPSA) is 55.1 Å². The molecular weight excluding hydrogens is 236 g/mol. The standard InChI is InChI=1S/C16H18N2O/c17-11-15-8-4-7-14(9-15)10-16(19)18-12-13-5-2-1-3-6-13/h1-9H,10-12,17H2,(H,18,19). The second-order valence-electron chi connectivity index (χ2n) is 4.46. The summed E-state index contributed by atoms with van der Waals surface area (Å²) in [5.74, 6) is 0.0259. The Balaban J connectivity index is 1.87. The Morgan fingerprint density at radius 1 is 0.947 bits per heavy atom. The van der Waals surface area contributed by atoms with Crippen LogP contribution in [0.1, 0.15) is 16.7 Å². The zero-order valence-corrected chi connectivity index (χ0v) is 10.8. The normalized spacial score (nSPS) is 10.2. The van der Waals surface area contributed by atoms with Gasteiger partial charge in [-0.3, -0.25) is 4.79 Å². The maximum atomic E-state index is 11.8. The van der Waals surface area contributed by atoms with E-state index in [4.69, 9.17) is 5.73 Å². The average molecular weight is 254 g/mol. The largest absolute Gasteiger partial charge is 0.352 e. The first kappa shape index (κ1) is 13.3. The Hall–Kier alpha value is -2.13. The maximum Gasteiger partial charge on any atom is 0.224 e. The van der Waals surface area contributed by atoms with Crippen molar-refractivity contribution in [2.45, 2.75) is 19.5 Å². The quantitative estimate of drug-likeness (QED) is 0.857. The number of benzene rings is 2. The third-order valence-electron chi connectivity index (χ3n) is 2.92. The number of hydrogen-bond acceptors (Lipinski definition) is 2. The molecule has 0 aliphatic rings. The highest BCUT2D eigenvalue weighted by molar-refractivity contribution is 5.78. The summed E-state index contributed by atoms with van der Waals surface area (Å²) in [6, 6.07) is 17.7. The summed E-state index contributed by atoms with van der Waals surface area (Å²) in [5, 5.41) is 2.91. The van der Waals surface area contributed by atoms with Gasteiger partial charge in [-0.1, -0.05) is 54.6 Å². The summed E-state index contributed by atoms with van der Waals surface area (Å²) < 4.78 is 0. The van der Waals surface area contributed by atoms with Crippen LogP contribution in [0.3, 0.4) is 0 Å². The highest BCUT2D eigenvalue weighted by atomic mass is 16.1. The van der Waals surface area contributed by atoms with Crippen LogP contribution in [-0.4, -0.2) is 5.91 Å². The molecule has 0 saturated heterocycles. The van der Waals surface area contributed by atoms with Crippen molar-refractivity contribution in [1.82, 2.24) is 5.32 Å². The van der Waals surface area contributed by atoms with E-state index in [2.05, 4.69) is 5.32 Å². The van der Waals surface area contributed by atoms with E-state index < -0.39 is 0 Å². The zero-order valence-electron chi connectivity index (χ0n) is 10.8. The summed E-state index contributed by atoms with van der Waals surface area (Å²) in [6.07, 6.45) is 0.390. The minimum atomic E-state index is 0.0259. The lowest BCUT2D eigenvalue weighted by atomic mass is 10.1. The van der Waals surface area contributed by atoms with E-state index in [-0.39, 0.29) is 5.91 Å². The lowest BCUT2D eigenvalue weighted by molar-refractivity contribution is -0.120. The van der Waals surface area contributed by atoms with Gasteiger partial charge in [0.25, 0.3) is 0 Å². The molecule has 0 aliphatic carbocycles. The van der Waals surface area contributed by atoms with E-state index in [0.29, 0.717) is 19.5 Å². The first-order valence-corrected chi connectivity index (χ1v) is 6.36. The van der Waals surface area contributed by atoms with Crippen molar-refractivity contribution in [2.24, 2.45) is 5.73 Å². The molecule has 1 amide bonds. The summed E-state index contributed by atoms with van der Waals surface area (Å²) in [5.41, 5.74) is 8.73. The van der Waals surface area contributed by atoms with Crippen LogP contribution in [0.15, 0.2) is 54.6 Å². The lowest BCUT2D eigenvalue weighted by Gasteiger charge is -2.06. The van der Waals surface area contributed by atoms with Gasteiger partial charge < -0.3 is 11.1 Å². The summed E-state index contributed by atoms with van der Waals surface area (Å²) >= 11 is 0.